The fraction of sp³-hybridized carbons (Fsp3) is 0.214. The molecule has 3 N–H and O–H groups in total. The van der Waals surface area contributed by atoms with E-state index in [0.717, 1.165) is 16.9 Å². The molecule has 0 fully saturated rings. The average Bonchev–Trinajstić information content (AvgIpc) is 2.38. The minimum Gasteiger partial charge on any atom is -0.495 e. The maximum atomic E-state index is 6.07. The van der Waals surface area contributed by atoms with Crippen LogP contribution in [0, 0.1) is 13.8 Å². The molecule has 100 valence electrons. The maximum absolute atomic E-state index is 6.07. The van der Waals surface area contributed by atoms with E-state index in [1.165, 1.54) is 0 Å². The van der Waals surface area contributed by atoms with Crippen molar-refractivity contribution in [3.63, 3.8) is 0 Å². The lowest BCUT2D eigenvalue weighted by Gasteiger charge is -2.13. The molecule has 2 rings (SSSR count). The van der Waals surface area contributed by atoms with Gasteiger partial charge in [0.05, 0.1) is 24.2 Å². The molecule has 0 atom stereocenters. The number of aryl methyl sites for hydroxylation is 2. The van der Waals surface area contributed by atoms with Crippen LogP contribution in [0.2, 0.25) is 5.02 Å². The number of pyridine rings is 1. The molecule has 1 aromatic heterocycles. The van der Waals surface area contributed by atoms with Gasteiger partial charge in [0.2, 0.25) is 0 Å². The monoisotopic (exact) mass is 277 g/mol. The topological polar surface area (TPSA) is 60.2 Å². The molecular weight excluding hydrogens is 262 g/mol. The number of halogens is 1. The van der Waals surface area contributed by atoms with E-state index in [9.17, 15) is 0 Å². The standard InChI is InChI=1S/C14H16ClN3O/c1-8-6-12(13(19-3)7-10(8)15)18-14-5-4-11(16)9(2)17-14/h4-7H,16H2,1-3H3,(H,17,18). The van der Waals surface area contributed by atoms with Crippen molar-refractivity contribution in [2.24, 2.45) is 0 Å². The highest BCUT2D eigenvalue weighted by atomic mass is 35.5. The molecule has 0 aliphatic rings. The van der Waals surface area contributed by atoms with Crippen LogP contribution in [-0.2, 0) is 0 Å². The Morgan fingerprint density at radius 2 is 2.00 bits per heavy atom. The van der Waals surface area contributed by atoms with Crippen LogP contribution in [0.5, 0.6) is 5.75 Å². The van der Waals surface area contributed by atoms with Gasteiger partial charge in [-0.25, -0.2) is 4.98 Å². The normalized spacial score (nSPS) is 10.3. The number of rotatable bonds is 3. The summed E-state index contributed by atoms with van der Waals surface area (Å²) >= 11 is 6.07. The molecule has 0 spiro atoms. The molecule has 5 heteroatoms. The Bertz CT molecular complexity index is 614. The number of nitrogens with zero attached hydrogens (tertiary/aromatic N) is 1. The van der Waals surface area contributed by atoms with Crippen molar-refractivity contribution in [1.82, 2.24) is 4.98 Å². The van der Waals surface area contributed by atoms with Crippen LogP contribution in [0.1, 0.15) is 11.3 Å². The van der Waals surface area contributed by atoms with Crippen LogP contribution in [-0.4, -0.2) is 12.1 Å². The molecule has 0 aliphatic carbocycles. The summed E-state index contributed by atoms with van der Waals surface area (Å²) in [5.41, 5.74) is 9.00. The second-order valence-electron chi connectivity index (χ2n) is 4.30. The third kappa shape index (κ3) is 2.90. The number of methoxy groups -OCH3 is 1. The number of nitrogen functional groups attached to an aromatic ring is 1. The average molecular weight is 278 g/mol. The predicted octanol–water partition coefficient (Wildman–Crippen LogP) is 3.69. The predicted molar refractivity (Wildman–Crippen MR) is 79.4 cm³/mol. The quantitative estimate of drug-likeness (QED) is 0.898. The third-order valence-electron chi connectivity index (χ3n) is 2.87. The second-order valence-corrected chi connectivity index (χ2v) is 4.71. The van der Waals surface area contributed by atoms with Crippen molar-refractivity contribution in [2.75, 3.05) is 18.2 Å². The fourth-order valence-electron chi connectivity index (χ4n) is 1.71. The van der Waals surface area contributed by atoms with Gasteiger partial charge in [-0.05, 0) is 37.6 Å². The van der Waals surface area contributed by atoms with Crippen molar-refractivity contribution < 1.29 is 4.74 Å². The molecule has 2 aromatic rings. The van der Waals surface area contributed by atoms with Gasteiger partial charge in [0.25, 0.3) is 0 Å². The summed E-state index contributed by atoms with van der Waals surface area (Å²) in [5.74, 6) is 1.39. The lowest BCUT2D eigenvalue weighted by atomic mass is 10.2. The molecule has 0 radical (unpaired) electrons. The number of hydrogen-bond acceptors (Lipinski definition) is 4. The largest absolute Gasteiger partial charge is 0.495 e. The first-order valence-electron chi connectivity index (χ1n) is 5.85. The van der Waals surface area contributed by atoms with Gasteiger partial charge < -0.3 is 15.8 Å². The molecule has 4 nitrogen and oxygen atoms in total. The molecule has 0 aliphatic heterocycles. The summed E-state index contributed by atoms with van der Waals surface area (Å²) in [4.78, 5) is 4.37. The molecule has 0 amide bonds. The van der Waals surface area contributed by atoms with Gasteiger partial charge in [0, 0.05) is 11.1 Å². The van der Waals surface area contributed by atoms with E-state index in [0.29, 0.717) is 22.3 Å². The van der Waals surface area contributed by atoms with Gasteiger partial charge in [-0.1, -0.05) is 11.6 Å². The van der Waals surface area contributed by atoms with Gasteiger partial charge in [0.15, 0.2) is 0 Å². The van der Waals surface area contributed by atoms with E-state index >= 15 is 0 Å². The highest BCUT2D eigenvalue weighted by Crippen LogP contribution is 2.32. The summed E-state index contributed by atoms with van der Waals surface area (Å²) in [6.45, 7) is 3.81. The SMILES string of the molecule is COc1cc(Cl)c(C)cc1Nc1ccc(N)c(C)n1. The molecule has 0 saturated heterocycles. The molecular formula is C14H16ClN3O. The van der Waals surface area contributed by atoms with Gasteiger partial charge in [0.1, 0.15) is 11.6 Å². The zero-order chi connectivity index (χ0) is 14.0. The molecule has 0 saturated carbocycles. The zero-order valence-electron chi connectivity index (χ0n) is 11.1. The molecule has 0 bridgehead atoms. The Morgan fingerprint density at radius 1 is 1.26 bits per heavy atom. The number of anilines is 3. The first-order valence-corrected chi connectivity index (χ1v) is 6.23. The first-order chi connectivity index (χ1) is 9.01. The van der Waals surface area contributed by atoms with E-state index in [1.54, 1.807) is 13.2 Å². The van der Waals surface area contributed by atoms with E-state index in [1.807, 2.05) is 32.0 Å². The van der Waals surface area contributed by atoms with Crippen molar-refractivity contribution >= 4 is 28.8 Å². The summed E-state index contributed by atoms with van der Waals surface area (Å²) in [5, 5.41) is 3.88. The zero-order valence-corrected chi connectivity index (χ0v) is 11.9. The van der Waals surface area contributed by atoms with Crippen LogP contribution in [0.25, 0.3) is 0 Å². The van der Waals surface area contributed by atoms with Crippen LogP contribution < -0.4 is 15.8 Å². The minimum atomic E-state index is 0.670. The summed E-state index contributed by atoms with van der Waals surface area (Å²) in [6, 6.07) is 7.35. The van der Waals surface area contributed by atoms with Crippen molar-refractivity contribution in [1.29, 1.82) is 0 Å². The Hall–Kier alpha value is -1.94. The summed E-state index contributed by atoms with van der Waals surface area (Å²) in [6.07, 6.45) is 0. The molecule has 1 aromatic carbocycles. The molecule has 1 heterocycles. The minimum absolute atomic E-state index is 0.670. The smallest absolute Gasteiger partial charge is 0.143 e. The summed E-state index contributed by atoms with van der Waals surface area (Å²) in [7, 11) is 1.60. The number of nitrogens with two attached hydrogens (primary N) is 1. The van der Waals surface area contributed by atoms with Gasteiger partial charge in [-0.15, -0.1) is 0 Å². The lowest BCUT2D eigenvalue weighted by Crippen LogP contribution is -2.00. The van der Waals surface area contributed by atoms with Crippen molar-refractivity contribution in [2.45, 2.75) is 13.8 Å². The van der Waals surface area contributed by atoms with Crippen LogP contribution in [0.3, 0.4) is 0 Å². The van der Waals surface area contributed by atoms with Crippen LogP contribution in [0.4, 0.5) is 17.2 Å². The fourth-order valence-corrected chi connectivity index (χ4v) is 1.86. The van der Waals surface area contributed by atoms with Crippen molar-refractivity contribution in [3.05, 3.63) is 40.5 Å². The van der Waals surface area contributed by atoms with E-state index in [-0.39, 0.29) is 0 Å². The van der Waals surface area contributed by atoms with Gasteiger partial charge >= 0.3 is 0 Å². The van der Waals surface area contributed by atoms with Crippen LogP contribution in [0.15, 0.2) is 24.3 Å². The van der Waals surface area contributed by atoms with E-state index in [4.69, 9.17) is 22.1 Å². The number of nitrogens with one attached hydrogen (secondary N) is 1. The third-order valence-corrected chi connectivity index (χ3v) is 3.28. The Balaban J connectivity index is 2.37. The summed E-state index contributed by atoms with van der Waals surface area (Å²) < 4.78 is 5.31. The van der Waals surface area contributed by atoms with E-state index < -0.39 is 0 Å². The van der Waals surface area contributed by atoms with Crippen molar-refractivity contribution in [3.8, 4) is 5.75 Å². The lowest BCUT2D eigenvalue weighted by molar-refractivity contribution is 0.416. The van der Waals surface area contributed by atoms with E-state index in [2.05, 4.69) is 10.3 Å². The van der Waals surface area contributed by atoms with Gasteiger partial charge in [-0.3, -0.25) is 0 Å². The van der Waals surface area contributed by atoms with Crippen LogP contribution >= 0.6 is 11.6 Å². The first kappa shape index (κ1) is 13.5. The highest BCUT2D eigenvalue weighted by molar-refractivity contribution is 6.31. The Morgan fingerprint density at radius 3 is 2.63 bits per heavy atom. The molecule has 19 heavy (non-hydrogen) atoms. The Labute approximate surface area is 117 Å². The molecule has 0 unspecified atom stereocenters. The van der Waals surface area contributed by atoms with Gasteiger partial charge in [-0.2, -0.15) is 0 Å². The number of ether oxygens (including phenoxy) is 1. The maximum Gasteiger partial charge on any atom is 0.143 e. The number of aromatic nitrogens is 1. The number of hydrogen-bond donors (Lipinski definition) is 2. The second kappa shape index (κ2) is 5.36. The Kier molecular flexibility index (Phi) is 3.81. The number of benzene rings is 1. The highest BCUT2D eigenvalue weighted by Gasteiger charge is 2.08.